The third kappa shape index (κ3) is 3.66. The van der Waals surface area contributed by atoms with Crippen LogP contribution in [-0.4, -0.2) is 30.5 Å². The summed E-state index contributed by atoms with van der Waals surface area (Å²) < 4.78 is 0. The van der Waals surface area contributed by atoms with Crippen molar-refractivity contribution < 1.29 is 14.7 Å². The summed E-state index contributed by atoms with van der Waals surface area (Å²) in [5, 5.41) is 10.8. The first-order chi connectivity index (χ1) is 4.20. The van der Waals surface area contributed by atoms with E-state index in [2.05, 4.69) is 5.32 Å². The fourth-order valence-electron chi connectivity index (χ4n) is 0.340. The van der Waals surface area contributed by atoms with Gasteiger partial charge in [-0.2, -0.15) is 0 Å². The van der Waals surface area contributed by atoms with Crippen LogP contribution < -0.4 is 5.32 Å². The molecule has 1 unspecified atom stereocenters. The zero-order valence-corrected chi connectivity index (χ0v) is 5.13. The second kappa shape index (κ2) is 4.03. The van der Waals surface area contributed by atoms with Gasteiger partial charge < -0.3 is 15.2 Å². The van der Waals surface area contributed by atoms with Gasteiger partial charge in [0.2, 0.25) is 5.91 Å². The number of carbonyl (C=O) groups excluding carboxylic acids is 2. The highest BCUT2D eigenvalue weighted by Crippen LogP contribution is 1.84. The molecule has 0 aromatic heterocycles. The van der Waals surface area contributed by atoms with Gasteiger partial charge >= 0.3 is 0 Å². The smallest absolute Gasteiger partial charge is 0.222 e. The van der Waals surface area contributed by atoms with Gasteiger partial charge in [-0.25, -0.2) is 0 Å². The molecule has 0 bridgehead atoms. The Hall–Kier alpha value is -0.900. The van der Waals surface area contributed by atoms with E-state index < -0.39 is 6.10 Å². The molecular weight excluding hydrogens is 122 g/mol. The minimum Gasteiger partial charge on any atom is -0.385 e. The fraction of sp³-hybridized carbons (Fsp3) is 0.600. The minimum absolute atomic E-state index is 0.153. The number of nitrogens with one attached hydrogen (secondary N) is 1. The van der Waals surface area contributed by atoms with E-state index in [0.717, 1.165) is 0 Å². The summed E-state index contributed by atoms with van der Waals surface area (Å²) in [7, 11) is 1.44. The average molecular weight is 131 g/mol. The van der Waals surface area contributed by atoms with E-state index in [1.807, 2.05) is 0 Å². The maximum absolute atomic E-state index is 10.4. The third-order valence-corrected chi connectivity index (χ3v) is 0.830. The van der Waals surface area contributed by atoms with Crippen molar-refractivity contribution in [3.05, 3.63) is 0 Å². The van der Waals surface area contributed by atoms with Crippen molar-refractivity contribution in [2.24, 2.45) is 0 Å². The van der Waals surface area contributed by atoms with Gasteiger partial charge in [-0.1, -0.05) is 0 Å². The van der Waals surface area contributed by atoms with Crippen molar-refractivity contribution in [2.45, 2.75) is 12.5 Å². The van der Waals surface area contributed by atoms with Crippen LogP contribution in [0.2, 0.25) is 0 Å². The predicted octanol–water partition coefficient (Wildman–Crippen LogP) is -1.32. The average Bonchev–Trinajstić information content (AvgIpc) is 1.87. The molecule has 0 aliphatic heterocycles. The standard InChI is InChI=1S/C5H9NO3/c1-6-5(9)2-4(8)3-7/h3-4,8H,2H2,1H3,(H,6,9). The van der Waals surface area contributed by atoms with E-state index in [-0.39, 0.29) is 12.3 Å². The minimum atomic E-state index is -1.16. The molecule has 0 radical (unpaired) electrons. The molecule has 52 valence electrons. The summed E-state index contributed by atoms with van der Waals surface area (Å²) in [6.45, 7) is 0. The van der Waals surface area contributed by atoms with Gasteiger partial charge in [0, 0.05) is 7.05 Å². The van der Waals surface area contributed by atoms with Crippen molar-refractivity contribution in [1.82, 2.24) is 5.32 Å². The predicted molar refractivity (Wildman–Crippen MR) is 30.8 cm³/mol. The lowest BCUT2D eigenvalue weighted by atomic mass is 10.3. The lowest BCUT2D eigenvalue weighted by Gasteiger charge is -1.98. The van der Waals surface area contributed by atoms with Gasteiger partial charge in [-0.05, 0) is 0 Å². The van der Waals surface area contributed by atoms with Crippen molar-refractivity contribution in [3.8, 4) is 0 Å². The normalized spacial score (nSPS) is 12.2. The van der Waals surface area contributed by atoms with Crippen LogP contribution in [0, 0.1) is 0 Å². The largest absolute Gasteiger partial charge is 0.385 e. The lowest BCUT2D eigenvalue weighted by molar-refractivity contribution is -0.126. The first-order valence-electron chi connectivity index (χ1n) is 2.54. The van der Waals surface area contributed by atoms with Crippen molar-refractivity contribution in [3.63, 3.8) is 0 Å². The Balaban J connectivity index is 3.46. The first-order valence-corrected chi connectivity index (χ1v) is 2.54. The Bertz CT molecular complexity index is 113. The highest BCUT2D eigenvalue weighted by Gasteiger charge is 2.05. The number of aldehydes is 1. The second-order valence-corrected chi connectivity index (χ2v) is 1.58. The zero-order valence-electron chi connectivity index (χ0n) is 5.13. The van der Waals surface area contributed by atoms with Crippen LogP contribution in [0.1, 0.15) is 6.42 Å². The Morgan fingerprint density at radius 1 is 1.89 bits per heavy atom. The van der Waals surface area contributed by atoms with E-state index in [0.29, 0.717) is 6.29 Å². The Labute approximate surface area is 52.9 Å². The molecule has 0 saturated carbocycles. The molecule has 4 heteroatoms. The number of hydrogen-bond acceptors (Lipinski definition) is 3. The van der Waals surface area contributed by atoms with Crippen LogP contribution in [0.4, 0.5) is 0 Å². The molecule has 0 saturated heterocycles. The molecule has 0 aromatic rings. The number of aliphatic hydroxyl groups excluding tert-OH is 1. The van der Waals surface area contributed by atoms with Crippen molar-refractivity contribution in [1.29, 1.82) is 0 Å². The molecule has 4 nitrogen and oxygen atoms in total. The molecule has 0 aliphatic rings. The first kappa shape index (κ1) is 8.10. The number of hydrogen-bond donors (Lipinski definition) is 2. The molecule has 0 heterocycles. The van der Waals surface area contributed by atoms with E-state index in [9.17, 15) is 9.59 Å². The van der Waals surface area contributed by atoms with Gasteiger partial charge in [-0.3, -0.25) is 4.79 Å². The van der Waals surface area contributed by atoms with Gasteiger partial charge in [-0.15, -0.1) is 0 Å². The third-order valence-electron chi connectivity index (χ3n) is 0.830. The molecule has 0 aromatic carbocycles. The Morgan fingerprint density at radius 2 is 2.44 bits per heavy atom. The quantitative estimate of drug-likeness (QED) is 0.467. The van der Waals surface area contributed by atoms with Crippen LogP contribution in [-0.2, 0) is 9.59 Å². The fourth-order valence-corrected chi connectivity index (χ4v) is 0.340. The van der Waals surface area contributed by atoms with E-state index in [1.165, 1.54) is 7.05 Å². The van der Waals surface area contributed by atoms with Crippen LogP contribution in [0.15, 0.2) is 0 Å². The summed E-state index contributed by atoms with van der Waals surface area (Å²) >= 11 is 0. The zero-order chi connectivity index (χ0) is 7.28. The Morgan fingerprint density at radius 3 is 2.78 bits per heavy atom. The molecule has 1 amide bonds. The van der Waals surface area contributed by atoms with Crippen LogP contribution in [0.5, 0.6) is 0 Å². The summed E-state index contributed by atoms with van der Waals surface area (Å²) in [4.78, 5) is 20.1. The summed E-state index contributed by atoms with van der Waals surface area (Å²) in [6.07, 6.45) is -0.986. The lowest BCUT2D eigenvalue weighted by Crippen LogP contribution is -2.24. The molecule has 0 spiro atoms. The van der Waals surface area contributed by atoms with Crippen molar-refractivity contribution >= 4 is 12.2 Å². The summed E-state index contributed by atoms with van der Waals surface area (Å²) in [6, 6.07) is 0. The molecule has 0 rings (SSSR count). The highest BCUT2D eigenvalue weighted by molar-refractivity contribution is 5.79. The monoisotopic (exact) mass is 131 g/mol. The number of rotatable bonds is 3. The summed E-state index contributed by atoms with van der Waals surface area (Å²) in [5.41, 5.74) is 0. The molecule has 0 aliphatic carbocycles. The molecule has 0 fully saturated rings. The molecular formula is C5H9NO3. The van der Waals surface area contributed by atoms with E-state index >= 15 is 0 Å². The van der Waals surface area contributed by atoms with Crippen LogP contribution in [0.3, 0.4) is 0 Å². The summed E-state index contributed by atoms with van der Waals surface area (Å²) in [5.74, 6) is -0.338. The maximum atomic E-state index is 10.4. The topological polar surface area (TPSA) is 66.4 Å². The van der Waals surface area contributed by atoms with Gasteiger partial charge in [0.15, 0.2) is 0 Å². The van der Waals surface area contributed by atoms with E-state index in [4.69, 9.17) is 5.11 Å². The molecule has 2 N–H and O–H groups in total. The van der Waals surface area contributed by atoms with Gasteiger partial charge in [0.1, 0.15) is 12.4 Å². The van der Waals surface area contributed by atoms with Crippen molar-refractivity contribution in [2.75, 3.05) is 7.05 Å². The van der Waals surface area contributed by atoms with E-state index in [1.54, 1.807) is 0 Å². The SMILES string of the molecule is CNC(=O)CC(O)C=O. The highest BCUT2D eigenvalue weighted by atomic mass is 16.3. The number of carbonyl (C=O) groups is 2. The Kier molecular flexibility index (Phi) is 3.62. The maximum Gasteiger partial charge on any atom is 0.222 e. The number of aliphatic hydroxyl groups is 1. The van der Waals surface area contributed by atoms with Crippen LogP contribution in [0.25, 0.3) is 0 Å². The van der Waals surface area contributed by atoms with Gasteiger partial charge in [0.05, 0.1) is 6.42 Å². The van der Waals surface area contributed by atoms with Gasteiger partial charge in [0.25, 0.3) is 0 Å². The molecule has 9 heavy (non-hydrogen) atoms. The van der Waals surface area contributed by atoms with Crippen LogP contribution >= 0.6 is 0 Å². The number of amides is 1. The molecule has 1 atom stereocenters. The second-order valence-electron chi connectivity index (χ2n) is 1.58.